The lowest BCUT2D eigenvalue weighted by molar-refractivity contribution is 1.16. The van der Waals surface area contributed by atoms with Crippen LogP contribution in [0.5, 0.6) is 0 Å². The average Bonchev–Trinajstić information content (AvgIpc) is 2.23. The summed E-state index contributed by atoms with van der Waals surface area (Å²) in [5.74, 6) is 0.521. The summed E-state index contributed by atoms with van der Waals surface area (Å²) in [6.07, 6.45) is 4.82. The van der Waals surface area contributed by atoms with Crippen LogP contribution in [0.2, 0.25) is 10.2 Å². The highest BCUT2D eigenvalue weighted by atomic mass is 35.5. The van der Waals surface area contributed by atoms with E-state index in [0.29, 0.717) is 10.8 Å². The van der Waals surface area contributed by atoms with Crippen molar-refractivity contribution in [3.8, 4) is 11.4 Å². The van der Waals surface area contributed by atoms with E-state index < -0.39 is 0 Å². The highest BCUT2D eigenvalue weighted by molar-refractivity contribution is 6.41. The van der Waals surface area contributed by atoms with Gasteiger partial charge in [-0.15, -0.1) is 0 Å². The van der Waals surface area contributed by atoms with Crippen LogP contribution in [0.4, 0.5) is 0 Å². The van der Waals surface area contributed by atoms with E-state index in [1.165, 1.54) is 6.20 Å². The van der Waals surface area contributed by atoms with E-state index in [9.17, 15) is 0 Å². The Bertz CT molecular complexity index is 445. The predicted octanol–water partition coefficient (Wildman–Crippen LogP) is 2.85. The fourth-order valence-electron chi connectivity index (χ4n) is 0.980. The lowest BCUT2D eigenvalue weighted by Gasteiger charge is -1.99. The van der Waals surface area contributed by atoms with Crippen molar-refractivity contribution in [3.63, 3.8) is 0 Å². The Balaban J connectivity index is 2.48. The minimum atomic E-state index is 0.250. The van der Waals surface area contributed by atoms with E-state index in [1.807, 2.05) is 6.07 Å². The third kappa shape index (κ3) is 1.84. The summed E-state index contributed by atoms with van der Waals surface area (Å²) in [6.45, 7) is 0. The fourth-order valence-corrected chi connectivity index (χ4v) is 1.20. The number of hydrogen-bond acceptors (Lipinski definition) is 3. The molecule has 0 saturated carbocycles. The average molecular weight is 226 g/mol. The lowest BCUT2D eigenvalue weighted by Crippen LogP contribution is -1.89. The van der Waals surface area contributed by atoms with Gasteiger partial charge in [0.2, 0.25) is 0 Å². The standard InChI is InChI=1S/C9H5Cl2N3/c10-7-5-13-9(14-8(7)11)6-2-1-3-12-4-6/h1-5H. The molecule has 2 aromatic rings. The molecule has 14 heavy (non-hydrogen) atoms. The third-order valence-electron chi connectivity index (χ3n) is 1.62. The molecule has 0 radical (unpaired) electrons. The molecule has 0 amide bonds. The van der Waals surface area contributed by atoms with Crippen LogP contribution in [0.25, 0.3) is 11.4 Å². The van der Waals surface area contributed by atoms with Crippen molar-refractivity contribution in [2.45, 2.75) is 0 Å². The van der Waals surface area contributed by atoms with E-state index >= 15 is 0 Å². The Kier molecular flexibility index (Phi) is 2.61. The van der Waals surface area contributed by atoms with Gasteiger partial charge in [0.15, 0.2) is 11.0 Å². The Morgan fingerprint density at radius 1 is 1.14 bits per heavy atom. The number of hydrogen-bond donors (Lipinski definition) is 0. The van der Waals surface area contributed by atoms with Gasteiger partial charge in [0.1, 0.15) is 0 Å². The van der Waals surface area contributed by atoms with Gasteiger partial charge in [-0.25, -0.2) is 9.97 Å². The van der Waals surface area contributed by atoms with Crippen LogP contribution >= 0.6 is 23.2 Å². The topological polar surface area (TPSA) is 38.7 Å². The molecule has 0 saturated heterocycles. The maximum Gasteiger partial charge on any atom is 0.162 e. The monoisotopic (exact) mass is 225 g/mol. The second-order valence-corrected chi connectivity index (χ2v) is 3.34. The van der Waals surface area contributed by atoms with E-state index in [2.05, 4.69) is 15.0 Å². The van der Waals surface area contributed by atoms with Gasteiger partial charge in [0, 0.05) is 18.0 Å². The number of halogens is 2. The first kappa shape index (κ1) is 9.37. The Hall–Kier alpha value is -1.19. The predicted molar refractivity (Wildman–Crippen MR) is 55.3 cm³/mol. The Morgan fingerprint density at radius 3 is 2.64 bits per heavy atom. The summed E-state index contributed by atoms with van der Waals surface area (Å²) < 4.78 is 0. The summed E-state index contributed by atoms with van der Waals surface area (Å²) in [6, 6.07) is 3.66. The molecule has 0 unspecified atom stereocenters. The molecule has 0 N–H and O–H groups in total. The zero-order chi connectivity index (χ0) is 9.97. The summed E-state index contributed by atoms with van der Waals surface area (Å²) in [7, 11) is 0. The largest absolute Gasteiger partial charge is 0.264 e. The molecule has 0 atom stereocenters. The molecule has 2 heterocycles. The quantitative estimate of drug-likeness (QED) is 0.701. The first-order chi connectivity index (χ1) is 6.77. The fraction of sp³-hybridized carbons (Fsp3) is 0. The Morgan fingerprint density at radius 2 is 2.00 bits per heavy atom. The van der Waals surface area contributed by atoms with Crippen LogP contribution in [0.15, 0.2) is 30.7 Å². The van der Waals surface area contributed by atoms with Gasteiger partial charge in [-0.3, -0.25) is 4.98 Å². The number of pyridine rings is 1. The second kappa shape index (κ2) is 3.90. The first-order valence-corrected chi connectivity index (χ1v) is 4.61. The highest BCUT2D eigenvalue weighted by Gasteiger charge is 2.04. The second-order valence-electron chi connectivity index (χ2n) is 2.57. The van der Waals surface area contributed by atoms with Gasteiger partial charge in [-0.1, -0.05) is 23.2 Å². The molecule has 0 aliphatic carbocycles. The molecule has 0 aliphatic heterocycles. The highest BCUT2D eigenvalue weighted by Crippen LogP contribution is 2.21. The maximum absolute atomic E-state index is 5.76. The molecule has 0 aliphatic rings. The van der Waals surface area contributed by atoms with Crippen LogP contribution in [0, 0.1) is 0 Å². The molecule has 3 nitrogen and oxygen atoms in total. The van der Waals surface area contributed by atoms with Crippen molar-refractivity contribution in [3.05, 3.63) is 40.9 Å². The minimum absolute atomic E-state index is 0.250. The van der Waals surface area contributed by atoms with Gasteiger partial charge >= 0.3 is 0 Å². The van der Waals surface area contributed by atoms with Crippen molar-refractivity contribution in [1.82, 2.24) is 15.0 Å². The summed E-state index contributed by atoms with van der Waals surface area (Å²) >= 11 is 11.5. The van der Waals surface area contributed by atoms with Crippen molar-refractivity contribution < 1.29 is 0 Å². The summed E-state index contributed by atoms with van der Waals surface area (Å²) in [5.41, 5.74) is 0.811. The molecule has 0 spiro atoms. The van der Waals surface area contributed by atoms with Crippen molar-refractivity contribution >= 4 is 23.2 Å². The van der Waals surface area contributed by atoms with Gasteiger partial charge < -0.3 is 0 Å². The SMILES string of the molecule is Clc1cnc(-c2cccnc2)nc1Cl. The number of aromatic nitrogens is 3. The molecule has 0 fully saturated rings. The van der Waals surface area contributed by atoms with Gasteiger partial charge in [-0.05, 0) is 12.1 Å². The van der Waals surface area contributed by atoms with E-state index in [-0.39, 0.29) is 5.15 Å². The smallest absolute Gasteiger partial charge is 0.162 e. The van der Waals surface area contributed by atoms with E-state index in [0.717, 1.165) is 5.56 Å². The van der Waals surface area contributed by atoms with Gasteiger partial charge in [0.05, 0.1) is 11.2 Å². The molecular formula is C9H5Cl2N3. The molecule has 0 aromatic carbocycles. The zero-order valence-corrected chi connectivity index (χ0v) is 8.50. The minimum Gasteiger partial charge on any atom is -0.264 e. The van der Waals surface area contributed by atoms with Crippen LogP contribution < -0.4 is 0 Å². The van der Waals surface area contributed by atoms with Crippen molar-refractivity contribution in [2.75, 3.05) is 0 Å². The van der Waals surface area contributed by atoms with Crippen LogP contribution in [0.3, 0.4) is 0 Å². The van der Waals surface area contributed by atoms with Gasteiger partial charge in [-0.2, -0.15) is 0 Å². The maximum atomic E-state index is 5.76. The van der Waals surface area contributed by atoms with Crippen molar-refractivity contribution in [2.24, 2.45) is 0 Å². The molecular weight excluding hydrogens is 221 g/mol. The van der Waals surface area contributed by atoms with Gasteiger partial charge in [0.25, 0.3) is 0 Å². The van der Waals surface area contributed by atoms with E-state index in [1.54, 1.807) is 18.5 Å². The van der Waals surface area contributed by atoms with Crippen molar-refractivity contribution in [1.29, 1.82) is 0 Å². The van der Waals surface area contributed by atoms with E-state index in [4.69, 9.17) is 23.2 Å². The summed E-state index contributed by atoms with van der Waals surface area (Å²) in [4.78, 5) is 12.0. The molecule has 70 valence electrons. The third-order valence-corrected chi connectivity index (χ3v) is 2.28. The molecule has 5 heteroatoms. The molecule has 2 rings (SSSR count). The number of nitrogens with zero attached hydrogens (tertiary/aromatic N) is 3. The zero-order valence-electron chi connectivity index (χ0n) is 6.98. The lowest BCUT2D eigenvalue weighted by atomic mass is 10.3. The Labute approximate surface area is 90.8 Å². The normalized spacial score (nSPS) is 10.1. The summed E-state index contributed by atoms with van der Waals surface area (Å²) in [5, 5.41) is 0.597. The number of rotatable bonds is 1. The van der Waals surface area contributed by atoms with Crippen LogP contribution in [0.1, 0.15) is 0 Å². The van der Waals surface area contributed by atoms with Crippen LogP contribution in [-0.4, -0.2) is 15.0 Å². The molecule has 0 bridgehead atoms. The van der Waals surface area contributed by atoms with Crippen LogP contribution in [-0.2, 0) is 0 Å². The first-order valence-electron chi connectivity index (χ1n) is 3.86. The molecule has 2 aromatic heterocycles.